The van der Waals surface area contributed by atoms with Crippen LogP contribution in [0.25, 0.3) is 0 Å². The normalized spacial score (nSPS) is 10.1. The predicted molar refractivity (Wildman–Crippen MR) is 91.9 cm³/mol. The Bertz CT molecular complexity index is 766. The number of ether oxygens (including phenoxy) is 1. The smallest absolute Gasteiger partial charge is 0.337 e. The van der Waals surface area contributed by atoms with Gasteiger partial charge >= 0.3 is 12.0 Å². The highest BCUT2D eigenvalue weighted by Crippen LogP contribution is 2.30. The van der Waals surface area contributed by atoms with Gasteiger partial charge in [-0.05, 0) is 30.3 Å². The molecule has 0 spiro atoms. The van der Waals surface area contributed by atoms with Gasteiger partial charge in [0.15, 0.2) is 0 Å². The van der Waals surface area contributed by atoms with Crippen molar-refractivity contribution in [2.24, 2.45) is 0 Å². The Balaban J connectivity index is 2.17. The maximum absolute atomic E-state index is 12.0. The molecule has 120 valence electrons. The third-order valence-corrected chi connectivity index (χ3v) is 3.98. The molecule has 23 heavy (non-hydrogen) atoms. The number of carbonyl (C=O) groups is 2. The van der Waals surface area contributed by atoms with Crippen molar-refractivity contribution in [1.82, 2.24) is 0 Å². The van der Waals surface area contributed by atoms with Crippen LogP contribution < -0.4 is 10.6 Å². The summed E-state index contributed by atoms with van der Waals surface area (Å²) in [7, 11) is 1.26. The van der Waals surface area contributed by atoms with E-state index >= 15 is 0 Å². The Hall–Kier alpha value is -1.95. The molecule has 0 aliphatic heterocycles. The predicted octanol–water partition coefficient (Wildman–Crippen LogP) is 5.08. The van der Waals surface area contributed by atoms with Crippen LogP contribution in [-0.2, 0) is 4.74 Å². The van der Waals surface area contributed by atoms with Gasteiger partial charge in [0, 0.05) is 0 Å². The van der Waals surface area contributed by atoms with Crippen LogP contribution in [0, 0.1) is 0 Å². The summed E-state index contributed by atoms with van der Waals surface area (Å²) in [5.74, 6) is -0.539. The molecule has 0 aromatic heterocycles. The summed E-state index contributed by atoms with van der Waals surface area (Å²) in [5, 5.41) is 5.89. The molecule has 0 fully saturated rings. The van der Waals surface area contributed by atoms with E-state index in [1.165, 1.54) is 25.3 Å². The van der Waals surface area contributed by atoms with Crippen molar-refractivity contribution in [3.8, 4) is 0 Å². The highest BCUT2D eigenvalue weighted by atomic mass is 35.5. The molecule has 0 unspecified atom stereocenters. The fraction of sp³-hybridized carbons (Fsp3) is 0.0667. The van der Waals surface area contributed by atoms with Crippen molar-refractivity contribution in [3.05, 3.63) is 57.0 Å². The van der Waals surface area contributed by atoms with Crippen LogP contribution in [0.3, 0.4) is 0 Å². The van der Waals surface area contributed by atoms with Crippen molar-refractivity contribution in [2.75, 3.05) is 17.7 Å². The van der Waals surface area contributed by atoms with Gasteiger partial charge in [-0.2, -0.15) is 0 Å². The average molecular weight is 374 g/mol. The lowest BCUT2D eigenvalue weighted by atomic mass is 10.2. The monoisotopic (exact) mass is 372 g/mol. The number of amides is 2. The summed E-state index contributed by atoms with van der Waals surface area (Å²) in [4.78, 5) is 23.6. The van der Waals surface area contributed by atoms with Crippen molar-refractivity contribution in [1.29, 1.82) is 0 Å². The van der Waals surface area contributed by atoms with Crippen LogP contribution in [0.2, 0.25) is 15.1 Å². The molecule has 5 nitrogen and oxygen atoms in total. The minimum Gasteiger partial charge on any atom is -0.465 e. The quantitative estimate of drug-likeness (QED) is 0.737. The summed E-state index contributed by atoms with van der Waals surface area (Å²) >= 11 is 17.9. The number of nitrogens with one attached hydrogen (secondary N) is 2. The fourth-order valence-corrected chi connectivity index (χ4v) is 2.25. The van der Waals surface area contributed by atoms with Crippen LogP contribution in [0.15, 0.2) is 36.4 Å². The molecule has 0 aliphatic rings. The summed E-state index contributed by atoms with van der Waals surface area (Å²) in [6, 6.07) is 8.64. The van der Waals surface area contributed by atoms with E-state index < -0.39 is 12.0 Å². The lowest BCUT2D eigenvalue weighted by molar-refractivity contribution is 0.0600. The van der Waals surface area contributed by atoms with Crippen molar-refractivity contribution >= 4 is 58.2 Å². The Morgan fingerprint density at radius 3 is 2.35 bits per heavy atom. The molecule has 0 saturated carbocycles. The Kier molecular flexibility index (Phi) is 5.71. The maximum atomic E-state index is 12.0. The van der Waals surface area contributed by atoms with Gasteiger partial charge in [0.2, 0.25) is 0 Å². The van der Waals surface area contributed by atoms with E-state index in [0.717, 1.165) is 0 Å². The van der Waals surface area contributed by atoms with Crippen LogP contribution >= 0.6 is 34.8 Å². The summed E-state index contributed by atoms with van der Waals surface area (Å²) in [6.45, 7) is 0. The second-order valence-corrected chi connectivity index (χ2v) is 5.56. The number of anilines is 2. The molecule has 8 heteroatoms. The first-order valence-corrected chi connectivity index (χ1v) is 7.45. The Morgan fingerprint density at radius 1 is 0.957 bits per heavy atom. The number of hydrogen-bond donors (Lipinski definition) is 2. The van der Waals surface area contributed by atoms with Crippen LogP contribution in [0.5, 0.6) is 0 Å². The minimum atomic E-state index is -0.585. The van der Waals surface area contributed by atoms with E-state index in [1.54, 1.807) is 18.2 Å². The first-order chi connectivity index (χ1) is 10.9. The first kappa shape index (κ1) is 17.4. The molecule has 0 heterocycles. The van der Waals surface area contributed by atoms with Gasteiger partial charge < -0.3 is 15.4 Å². The van der Waals surface area contributed by atoms with Gasteiger partial charge in [0.05, 0.1) is 39.1 Å². The second-order valence-electron chi connectivity index (χ2n) is 4.37. The lowest BCUT2D eigenvalue weighted by Gasteiger charge is -2.11. The highest BCUT2D eigenvalue weighted by Gasteiger charge is 2.13. The SMILES string of the molecule is COC(=O)c1ccc(Cl)c(NC(=O)Nc2cccc(Cl)c2Cl)c1. The number of urea groups is 1. The zero-order valence-electron chi connectivity index (χ0n) is 11.8. The van der Waals surface area contributed by atoms with Gasteiger partial charge in [-0.25, -0.2) is 9.59 Å². The van der Waals surface area contributed by atoms with Crippen LogP contribution in [0.4, 0.5) is 16.2 Å². The summed E-state index contributed by atoms with van der Waals surface area (Å²) in [6.07, 6.45) is 0. The van der Waals surface area contributed by atoms with Gasteiger partial charge in [-0.15, -0.1) is 0 Å². The molecule has 2 N–H and O–H groups in total. The summed E-state index contributed by atoms with van der Waals surface area (Å²) < 4.78 is 4.62. The molecule has 2 rings (SSSR count). The molecular weight excluding hydrogens is 363 g/mol. The number of halogens is 3. The standard InChI is InChI=1S/C15H11Cl3N2O3/c1-23-14(21)8-5-6-9(16)12(7-8)20-15(22)19-11-4-2-3-10(17)13(11)18/h2-7H,1H3,(H2,19,20,22). The highest BCUT2D eigenvalue weighted by molar-refractivity contribution is 6.44. The van der Waals surface area contributed by atoms with Crippen molar-refractivity contribution < 1.29 is 14.3 Å². The maximum Gasteiger partial charge on any atom is 0.337 e. The van der Waals surface area contributed by atoms with E-state index in [1.807, 2.05) is 0 Å². The van der Waals surface area contributed by atoms with E-state index in [2.05, 4.69) is 15.4 Å². The number of methoxy groups -OCH3 is 1. The van der Waals surface area contributed by atoms with Crippen LogP contribution in [0.1, 0.15) is 10.4 Å². The molecular formula is C15H11Cl3N2O3. The van der Waals surface area contributed by atoms with Crippen LogP contribution in [-0.4, -0.2) is 19.1 Å². The Morgan fingerprint density at radius 2 is 1.65 bits per heavy atom. The van der Waals surface area contributed by atoms with Gasteiger partial charge in [-0.1, -0.05) is 40.9 Å². The largest absolute Gasteiger partial charge is 0.465 e. The molecule has 0 radical (unpaired) electrons. The molecule has 2 amide bonds. The van der Waals surface area contributed by atoms with E-state index in [-0.39, 0.29) is 21.3 Å². The number of carbonyl (C=O) groups excluding carboxylic acids is 2. The summed E-state index contributed by atoms with van der Waals surface area (Å²) in [5.41, 5.74) is 0.857. The molecule has 0 aliphatic carbocycles. The molecule has 0 saturated heterocycles. The molecule has 2 aromatic rings. The van der Waals surface area contributed by atoms with Crippen molar-refractivity contribution in [2.45, 2.75) is 0 Å². The number of esters is 1. The van der Waals surface area contributed by atoms with Gasteiger partial charge in [-0.3, -0.25) is 0 Å². The second kappa shape index (κ2) is 7.55. The van der Waals surface area contributed by atoms with Gasteiger partial charge in [0.25, 0.3) is 0 Å². The lowest BCUT2D eigenvalue weighted by Crippen LogP contribution is -2.20. The number of benzene rings is 2. The Labute approximate surface area is 147 Å². The van der Waals surface area contributed by atoms with E-state index in [9.17, 15) is 9.59 Å². The molecule has 0 bridgehead atoms. The third-order valence-electron chi connectivity index (χ3n) is 2.84. The molecule has 0 atom stereocenters. The average Bonchev–Trinajstić information content (AvgIpc) is 2.53. The first-order valence-electron chi connectivity index (χ1n) is 6.32. The topological polar surface area (TPSA) is 67.4 Å². The number of rotatable bonds is 3. The number of hydrogen-bond acceptors (Lipinski definition) is 3. The van der Waals surface area contributed by atoms with Gasteiger partial charge in [0.1, 0.15) is 0 Å². The van der Waals surface area contributed by atoms with E-state index in [4.69, 9.17) is 34.8 Å². The zero-order valence-corrected chi connectivity index (χ0v) is 14.1. The fourth-order valence-electron chi connectivity index (χ4n) is 1.74. The van der Waals surface area contributed by atoms with E-state index in [0.29, 0.717) is 10.7 Å². The third kappa shape index (κ3) is 4.28. The minimum absolute atomic E-state index is 0.221. The van der Waals surface area contributed by atoms with Crippen molar-refractivity contribution in [3.63, 3.8) is 0 Å². The molecule has 2 aromatic carbocycles. The zero-order chi connectivity index (χ0) is 17.0.